The van der Waals surface area contributed by atoms with Gasteiger partial charge in [0, 0.05) is 26.2 Å². The molecule has 2 aromatic carbocycles. The molecule has 5 amide bonds. The van der Waals surface area contributed by atoms with Crippen molar-refractivity contribution < 1.29 is 23.9 Å². The average Bonchev–Trinajstić information content (AvgIpc) is 3.04. The van der Waals surface area contributed by atoms with Gasteiger partial charge in [0.25, 0.3) is 0 Å². The number of urea groups is 1. The summed E-state index contributed by atoms with van der Waals surface area (Å²) in [6, 6.07) is 18.8. The minimum absolute atomic E-state index is 0.00125. The molecule has 2 aliphatic rings. The molecule has 2 aromatic rings. The van der Waals surface area contributed by atoms with Gasteiger partial charge in [0.2, 0.25) is 11.8 Å². The fourth-order valence-electron chi connectivity index (χ4n) is 5.74. The predicted molar refractivity (Wildman–Crippen MR) is 167 cm³/mol. The maximum atomic E-state index is 13.9. The van der Waals surface area contributed by atoms with E-state index in [0.717, 1.165) is 24.8 Å². The molecule has 0 spiro atoms. The molecule has 11 heteroatoms. The van der Waals surface area contributed by atoms with Crippen LogP contribution in [0, 0.1) is 0 Å². The standard InChI is InChI=1S/C33H44N6O5/c1-3-22-44-33(43)34-20-13-19-28-31(41)36(21-12-11-16-26-14-7-5-8-15-26)24-29-38(28)30(40)25-37(4-2)39(29)32(42)35-23-27-17-9-6-10-18-27/h3,5-10,14-15,17-18,28-29H,1,4,11-13,16,19-25H2,2H3,(H,34,43)(H,35,42)/t28-,29-/m0/s1. The lowest BCUT2D eigenvalue weighted by molar-refractivity contribution is -0.190. The molecule has 2 fully saturated rings. The summed E-state index contributed by atoms with van der Waals surface area (Å²) in [5.74, 6) is -0.317. The number of aryl methyl sites for hydroxylation is 1. The molecule has 2 saturated heterocycles. The summed E-state index contributed by atoms with van der Waals surface area (Å²) in [6.45, 7) is 7.38. The van der Waals surface area contributed by atoms with Gasteiger partial charge in [-0.15, -0.1) is 0 Å². The minimum atomic E-state index is -0.746. The predicted octanol–water partition coefficient (Wildman–Crippen LogP) is 3.53. The second-order valence-electron chi connectivity index (χ2n) is 11.0. The minimum Gasteiger partial charge on any atom is -0.445 e. The molecule has 2 aliphatic heterocycles. The lowest BCUT2D eigenvalue weighted by atomic mass is 10.0. The third-order valence-corrected chi connectivity index (χ3v) is 7.93. The quantitative estimate of drug-likeness (QED) is 0.252. The van der Waals surface area contributed by atoms with Crippen molar-refractivity contribution in [3.8, 4) is 0 Å². The molecule has 2 N–H and O–H groups in total. The zero-order valence-corrected chi connectivity index (χ0v) is 25.5. The first-order valence-corrected chi connectivity index (χ1v) is 15.4. The summed E-state index contributed by atoms with van der Waals surface area (Å²) in [7, 11) is 0. The highest BCUT2D eigenvalue weighted by Gasteiger charge is 2.50. The molecule has 0 aromatic heterocycles. The second kappa shape index (κ2) is 16.5. The first kappa shape index (κ1) is 32.5. The number of likely N-dealkylation sites (N-methyl/N-ethyl adjacent to an activating group) is 1. The lowest BCUT2D eigenvalue weighted by Gasteiger charge is -2.55. The van der Waals surface area contributed by atoms with Crippen molar-refractivity contribution in [1.29, 1.82) is 0 Å². The fourth-order valence-corrected chi connectivity index (χ4v) is 5.74. The molecule has 0 saturated carbocycles. The Bertz CT molecular complexity index is 1260. The van der Waals surface area contributed by atoms with Gasteiger partial charge in [-0.2, -0.15) is 0 Å². The Morgan fingerprint density at radius 1 is 0.977 bits per heavy atom. The van der Waals surface area contributed by atoms with E-state index in [-0.39, 0.29) is 44.1 Å². The van der Waals surface area contributed by atoms with Gasteiger partial charge in [0.1, 0.15) is 18.8 Å². The van der Waals surface area contributed by atoms with E-state index < -0.39 is 18.3 Å². The number of carbonyl (C=O) groups excluding carboxylic acids is 4. The van der Waals surface area contributed by atoms with E-state index in [0.29, 0.717) is 32.5 Å². The fraction of sp³-hybridized carbons (Fsp3) is 0.455. The van der Waals surface area contributed by atoms with Crippen LogP contribution in [0.3, 0.4) is 0 Å². The lowest BCUT2D eigenvalue weighted by Crippen LogP contribution is -2.76. The van der Waals surface area contributed by atoms with Crippen molar-refractivity contribution in [3.05, 3.63) is 84.4 Å². The largest absolute Gasteiger partial charge is 0.445 e. The molecule has 0 aliphatic carbocycles. The van der Waals surface area contributed by atoms with Crippen LogP contribution < -0.4 is 10.6 Å². The average molecular weight is 605 g/mol. The molecule has 11 nitrogen and oxygen atoms in total. The van der Waals surface area contributed by atoms with Crippen molar-refractivity contribution in [2.45, 2.75) is 57.8 Å². The van der Waals surface area contributed by atoms with Crippen molar-refractivity contribution in [1.82, 2.24) is 30.5 Å². The van der Waals surface area contributed by atoms with Crippen LogP contribution in [0.15, 0.2) is 73.3 Å². The number of hydrogen-bond acceptors (Lipinski definition) is 6. The number of nitrogens with zero attached hydrogens (tertiary/aromatic N) is 4. The molecule has 2 heterocycles. The SMILES string of the molecule is C=CCOC(=O)NCCC[C@H]1C(=O)N(CCCCc2ccccc2)C[C@H]2N1C(=O)CN(CC)N2C(=O)NCc1ccccc1. The molecule has 236 valence electrons. The summed E-state index contributed by atoms with van der Waals surface area (Å²) in [6.07, 6.45) is 3.68. The molecule has 2 atom stereocenters. The number of amides is 5. The Balaban J connectivity index is 1.49. The number of carbonyl (C=O) groups is 4. The number of nitrogens with one attached hydrogen (secondary N) is 2. The molecular formula is C33H44N6O5. The van der Waals surface area contributed by atoms with Gasteiger partial charge >= 0.3 is 12.1 Å². The van der Waals surface area contributed by atoms with Gasteiger partial charge in [-0.1, -0.05) is 80.2 Å². The van der Waals surface area contributed by atoms with Gasteiger partial charge in [0.15, 0.2) is 0 Å². The number of piperazine rings is 1. The normalized spacial score (nSPS) is 18.5. The van der Waals surface area contributed by atoms with Crippen LogP contribution in [-0.2, 0) is 27.3 Å². The Hall–Kier alpha value is -4.38. The summed E-state index contributed by atoms with van der Waals surface area (Å²) < 4.78 is 4.97. The van der Waals surface area contributed by atoms with Crippen molar-refractivity contribution >= 4 is 23.9 Å². The first-order valence-electron chi connectivity index (χ1n) is 15.4. The first-order chi connectivity index (χ1) is 21.4. The van der Waals surface area contributed by atoms with E-state index in [1.54, 1.807) is 19.8 Å². The van der Waals surface area contributed by atoms with Crippen LogP contribution in [0.2, 0.25) is 0 Å². The highest BCUT2D eigenvalue weighted by Crippen LogP contribution is 2.28. The second-order valence-corrected chi connectivity index (χ2v) is 11.0. The topological polar surface area (TPSA) is 115 Å². The van der Waals surface area contributed by atoms with E-state index in [9.17, 15) is 19.2 Å². The molecule has 0 unspecified atom stereocenters. The maximum Gasteiger partial charge on any atom is 0.407 e. The number of hydrazine groups is 1. The van der Waals surface area contributed by atoms with Crippen LogP contribution in [0.25, 0.3) is 0 Å². The third kappa shape index (κ3) is 8.59. The third-order valence-electron chi connectivity index (χ3n) is 7.93. The number of ether oxygens (including phenoxy) is 1. The van der Waals surface area contributed by atoms with Crippen LogP contribution in [0.4, 0.5) is 9.59 Å². The van der Waals surface area contributed by atoms with E-state index >= 15 is 0 Å². The number of rotatable bonds is 14. The van der Waals surface area contributed by atoms with E-state index in [1.807, 2.05) is 55.5 Å². The van der Waals surface area contributed by atoms with E-state index in [1.165, 1.54) is 11.6 Å². The van der Waals surface area contributed by atoms with Gasteiger partial charge < -0.3 is 25.2 Å². The zero-order chi connectivity index (χ0) is 31.3. The van der Waals surface area contributed by atoms with Gasteiger partial charge in [-0.25, -0.2) is 19.6 Å². The van der Waals surface area contributed by atoms with E-state index in [2.05, 4.69) is 29.3 Å². The number of benzene rings is 2. The van der Waals surface area contributed by atoms with Crippen molar-refractivity contribution in [2.75, 3.05) is 39.3 Å². The molecule has 4 rings (SSSR count). The van der Waals surface area contributed by atoms with Crippen LogP contribution in [-0.4, -0.2) is 95.3 Å². The number of unbranched alkanes of at least 4 members (excludes halogenated alkanes) is 1. The maximum absolute atomic E-state index is 13.9. The monoisotopic (exact) mass is 604 g/mol. The van der Waals surface area contributed by atoms with Crippen molar-refractivity contribution in [2.24, 2.45) is 0 Å². The summed E-state index contributed by atoms with van der Waals surface area (Å²) in [4.78, 5) is 56.4. The highest BCUT2D eigenvalue weighted by molar-refractivity contribution is 5.91. The molecule has 0 radical (unpaired) electrons. The Labute approximate surface area is 259 Å². The highest BCUT2D eigenvalue weighted by atomic mass is 16.5. The summed E-state index contributed by atoms with van der Waals surface area (Å²) in [5, 5.41) is 9.06. The van der Waals surface area contributed by atoms with Crippen LogP contribution in [0.1, 0.15) is 43.7 Å². The number of fused-ring (bicyclic) bond motifs is 1. The van der Waals surface area contributed by atoms with Crippen LogP contribution in [0.5, 0.6) is 0 Å². The smallest absolute Gasteiger partial charge is 0.407 e. The number of hydrogen-bond donors (Lipinski definition) is 2. The Kier molecular flexibility index (Phi) is 12.2. The van der Waals surface area contributed by atoms with Gasteiger partial charge in [0.05, 0.1) is 13.1 Å². The molecule has 0 bridgehead atoms. The molecular weight excluding hydrogens is 560 g/mol. The molecule has 44 heavy (non-hydrogen) atoms. The Morgan fingerprint density at radius 3 is 2.36 bits per heavy atom. The van der Waals surface area contributed by atoms with E-state index in [4.69, 9.17) is 4.74 Å². The van der Waals surface area contributed by atoms with Crippen LogP contribution >= 0.6 is 0 Å². The summed E-state index contributed by atoms with van der Waals surface area (Å²) >= 11 is 0. The van der Waals surface area contributed by atoms with Gasteiger partial charge in [-0.05, 0) is 43.2 Å². The van der Waals surface area contributed by atoms with Gasteiger partial charge in [-0.3, -0.25) is 9.59 Å². The summed E-state index contributed by atoms with van der Waals surface area (Å²) in [5.41, 5.74) is 2.21. The zero-order valence-electron chi connectivity index (χ0n) is 25.5. The number of alkyl carbamates (subject to hydrolysis) is 1. The van der Waals surface area contributed by atoms with Crippen molar-refractivity contribution in [3.63, 3.8) is 0 Å². The Morgan fingerprint density at radius 2 is 1.68 bits per heavy atom.